The van der Waals surface area contributed by atoms with Gasteiger partial charge in [0.25, 0.3) is 0 Å². The van der Waals surface area contributed by atoms with Gasteiger partial charge < -0.3 is 15.6 Å². The molecule has 3 rings (SSSR count). The number of aromatic hydroxyl groups is 1. The first-order chi connectivity index (χ1) is 7.18. The first kappa shape index (κ1) is 9.19. The van der Waals surface area contributed by atoms with Crippen molar-refractivity contribution in [1.82, 2.24) is 0 Å². The van der Waals surface area contributed by atoms with Gasteiger partial charge in [0.05, 0.1) is 13.2 Å². The quantitative estimate of drug-likeness (QED) is 0.768. The molecule has 80 valence electrons. The molecule has 15 heavy (non-hydrogen) atoms. The van der Waals surface area contributed by atoms with Crippen LogP contribution in [-0.2, 0) is 24.4 Å². The number of rotatable bonds is 2. The van der Waals surface area contributed by atoms with E-state index in [1.165, 1.54) is 5.56 Å². The summed E-state index contributed by atoms with van der Waals surface area (Å²) in [5, 5.41) is 9.85. The summed E-state index contributed by atoms with van der Waals surface area (Å²) < 4.78 is 5.39. The highest BCUT2D eigenvalue weighted by atomic mass is 16.5. The molecule has 1 fully saturated rings. The van der Waals surface area contributed by atoms with Gasteiger partial charge in [0, 0.05) is 11.1 Å². The highest BCUT2D eigenvalue weighted by molar-refractivity contribution is 5.46. The van der Waals surface area contributed by atoms with Gasteiger partial charge in [0.2, 0.25) is 0 Å². The van der Waals surface area contributed by atoms with Gasteiger partial charge in [-0.2, -0.15) is 0 Å². The maximum absolute atomic E-state index is 9.85. The third-order valence-corrected chi connectivity index (χ3v) is 3.43. The van der Waals surface area contributed by atoms with Crippen LogP contribution in [0.15, 0.2) is 12.1 Å². The Hall–Kier alpha value is -1.06. The fraction of sp³-hybridized carbons (Fsp3) is 0.500. The van der Waals surface area contributed by atoms with Crippen LogP contribution in [0.3, 0.4) is 0 Å². The van der Waals surface area contributed by atoms with E-state index in [9.17, 15) is 5.11 Å². The van der Waals surface area contributed by atoms with E-state index in [4.69, 9.17) is 10.5 Å². The van der Waals surface area contributed by atoms with Gasteiger partial charge in [-0.25, -0.2) is 0 Å². The van der Waals surface area contributed by atoms with E-state index in [2.05, 4.69) is 0 Å². The first-order valence-corrected chi connectivity index (χ1v) is 5.37. The van der Waals surface area contributed by atoms with E-state index in [0.717, 1.165) is 30.4 Å². The van der Waals surface area contributed by atoms with Gasteiger partial charge in [-0.1, -0.05) is 6.07 Å². The molecule has 1 aromatic carbocycles. The molecule has 3 nitrogen and oxygen atoms in total. The fourth-order valence-corrected chi connectivity index (χ4v) is 2.19. The smallest absolute Gasteiger partial charge is 0.119 e. The van der Waals surface area contributed by atoms with Crippen LogP contribution >= 0.6 is 0 Å². The molecule has 0 aromatic heterocycles. The predicted molar refractivity (Wildman–Crippen MR) is 56.5 cm³/mol. The summed E-state index contributed by atoms with van der Waals surface area (Å²) in [6.45, 7) is 1.29. The Kier molecular flexibility index (Phi) is 1.82. The van der Waals surface area contributed by atoms with Crippen LogP contribution in [0.1, 0.15) is 29.5 Å². The van der Waals surface area contributed by atoms with Gasteiger partial charge >= 0.3 is 0 Å². The summed E-state index contributed by atoms with van der Waals surface area (Å²) in [5.74, 6) is 0.371. The number of benzene rings is 1. The maximum Gasteiger partial charge on any atom is 0.119 e. The van der Waals surface area contributed by atoms with E-state index in [1.807, 2.05) is 6.07 Å². The summed E-state index contributed by atoms with van der Waals surface area (Å²) in [5.41, 5.74) is 9.39. The van der Waals surface area contributed by atoms with Crippen molar-refractivity contribution in [3.8, 4) is 5.75 Å². The third kappa shape index (κ3) is 1.52. The second kappa shape index (κ2) is 2.97. The molecule has 0 amide bonds. The van der Waals surface area contributed by atoms with E-state index in [1.54, 1.807) is 6.07 Å². The summed E-state index contributed by atoms with van der Waals surface area (Å²) in [4.78, 5) is 0. The molecule has 3 N–H and O–H groups in total. The molecule has 0 bridgehead atoms. The number of phenols is 1. The standard InChI is InChI=1S/C12H15NO2/c13-12(3-4-12)5-9-10-7-15-6-8(10)1-2-11(9)14/h1-2,14H,3-7,13H2. The van der Waals surface area contributed by atoms with Crippen molar-refractivity contribution in [2.45, 2.75) is 38.0 Å². The molecule has 0 radical (unpaired) electrons. The lowest BCUT2D eigenvalue weighted by Crippen LogP contribution is -2.25. The largest absolute Gasteiger partial charge is 0.508 e. The Labute approximate surface area is 88.9 Å². The van der Waals surface area contributed by atoms with Crippen LogP contribution in [0.2, 0.25) is 0 Å². The number of ether oxygens (including phenoxy) is 1. The summed E-state index contributed by atoms with van der Waals surface area (Å²) >= 11 is 0. The highest BCUT2D eigenvalue weighted by Crippen LogP contribution is 2.40. The molecule has 0 saturated heterocycles. The van der Waals surface area contributed by atoms with Crippen molar-refractivity contribution in [2.24, 2.45) is 5.73 Å². The molecular weight excluding hydrogens is 190 g/mol. The number of hydrogen-bond acceptors (Lipinski definition) is 3. The van der Waals surface area contributed by atoms with E-state index in [0.29, 0.717) is 19.0 Å². The minimum Gasteiger partial charge on any atom is -0.508 e. The van der Waals surface area contributed by atoms with Gasteiger partial charge in [-0.15, -0.1) is 0 Å². The van der Waals surface area contributed by atoms with Crippen molar-refractivity contribution < 1.29 is 9.84 Å². The van der Waals surface area contributed by atoms with Crippen LogP contribution < -0.4 is 5.73 Å². The van der Waals surface area contributed by atoms with E-state index >= 15 is 0 Å². The second-order valence-electron chi connectivity index (χ2n) is 4.73. The number of phenolic OH excluding ortho intramolecular Hbond substituents is 1. The molecule has 0 atom stereocenters. The van der Waals surface area contributed by atoms with Gasteiger partial charge in [0.1, 0.15) is 5.75 Å². The minimum atomic E-state index is -0.0603. The Balaban J connectivity index is 2.01. The number of fused-ring (bicyclic) bond motifs is 1. The Bertz CT molecular complexity index is 410. The zero-order chi connectivity index (χ0) is 10.5. The SMILES string of the molecule is NC1(Cc2c(O)ccc3c2COC3)CC1. The Morgan fingerprint density at radius 1 is 1.33 bits per heavy atom. The Morgan fingerprint density at radius 2 is 2.13 bits per heavy atom. The second-order valence-corrected chi connectivity index (χ2v) is 4.73. The molecule has 2 aliphatic rings. The van der Waals surface area contributed by atoms with Gasteiger partial charge in [-0.05, 0) is 36.5 Å². The minimum absolute atomic E-state index is 0.0603. The van der Waals surface area contributed by atoms with E-state index < -0.39 is 0 Å². The highest BCUT2D eigenvalue weighted by Gasteiger charge is 2.39. The number of nitrogens with two attached hydrogens (primary N) is 1. The van der Waals surface area contributed by atoms with Crippen molar-refractivity contribution in [2.75, 3.05) is 0 Å². The van der Waals surface area contributed by atoms with Crippen LogP contribution in [0, 0.1) is 0 Å². The molecule has 0 spiro atoms. The van der Waals surface area contributed by atoms with Crippen LogP contribution in [-0.4, -0.2) is 10.6 Å². The molecule has 3 heteroatoms. The third-order valence-electron chi connectivity index (χ3n) is 3.43. The molecule has 1 aliphatic heterocycles. The summed E-state index contributed by atoms with van der Waals surface area (Å²) in [7, 11) is 0. The van der Waals surface area contributed by atoms with Crippen LogP contribution in [0.4, 0.5) is 0 Å². The molecule has 1 aliphatic carbocycles. The molecule has 1 aromatic rings. The normalized spacial score (nSPS) is 21.4. The molecular formula is C12H15NO2. The van der Waals surface area contributed by atoms with Crippen molar-refractivity contribution in [3.63, 3.8) is 0 Å². The van der Waals surface area contributed by atoms with Gasteiger partial charge in [0.15, 0.2) is 0 Å². The van der Waals surface area contributed by atoms with Crippen molar-refractivity contribution in [3.05, 3.63) is 28.8 Å². The first-order valence-electron chi connectivity index (χ1n) is 5.37. The maximum atomic E-state index is 9.85. The molecule has 0 unspecified atom stereocenters. The molecule has 1 saturated carbocycles. The lowest BCUT2D eigenvalue weighted by molar-refractivity contribution is 0.134. The zero-order valence-corrected chi connectivity index (χ0v) is 8.62. The lowest BCUT2D eigenvalue weighted by Gasteiger charge is -2.13. The van der Waals surface area contributed by atoms with E-state index in [-0.39, 0.29) is 5.54 Å². The zero-order valence-electron chi connectivity index (χ0n) is 8.62. The number of hydrogen-bond donors (Lipinski definition) is 2. The van der Waals surface area contributed by atoms with Crippen LogP contribution in [0.5, 0.6) is 5.75 Å². The van der Waals surface area contributed by atoms with Gasteiger partial charge in [-0.3, -0.25) is 0 Å². The predicted octanol–water partition coefficient (Wildman–Crippen LogP) is 1.46. The average Bonchev–Trinajstić information content (AvgIpc) is 2.78. The van der Waals surface area contributed by atoms with Crippen LogP contribution in [0.25, 0.3) is 0 Å². The summed E-state index contributed by atoms with van der Waals surface area (Å²) in [6, 6.07) is 3.70. The van der Waals surface area contributed by atoms with Crippen molar-refractivity contribution >= 4 is 0 Å². The fourth-order valence-electron chi connectivity index (χ4n) is 2.19. The Morgan fingerprint density at radius 3 is 2.87 bits per heavy atom. The van der Waals surface area contributed by atoms with Crippen molar-refractivity contribution in [1.29, 1.82) is 0 Å². The average molecular weight is 205 g/mol. The molecule has 1 heterocycles. The summed E-state index contributed by atoms with van der Waals surface area (Å²) in [6.07, 6.45) is 2.92. The topological polar surface area (TPSA) is 55.5 Å². The monoisotopic (exact) mass is 205 g/mol. The lowest BCUT2D eigenvalue weighted by atomic mass is 9.96.